The fraction of sp³-hybridized carbons (Fsp3) is 0.917. The molecule has 0 heterocycles. The lowest BCUT2D eigenvalue weighted by Crippen LogP contribution is -2.30. The van der Waals surface area contributed by atoms with Crippen molar-refractivity contribution in [3.05, 3.63) is 0 Å². The van der Waals surface area contributed by atoms with E-state index in [4.69, 9.17) is 10.6 Å². The summed E-state index contributed by atoms with van der Waals surface area (Å²) in [6.07, 6.45) is 10.8. The molecule has 0 aromatic rings. The van der Waals surface area contributed by atoms with E-state index in [1.807, 2.05) is 5.43 Å². The van der Waals surface area contributed by atoms with E-state index in [1.54, 1.807) is 0 Å². The van der Waals surface area contributed by atoms with Crippen LogP contribution < -0.4 is 11.3 Å². The molecule has 96 valence electrons. The van der Waals surface area contributed by atoms with Gasteiger partial charge < -0.3 is 4.74 Å². The molecule has 16 heavy (non-hydrogen) atoms. The van der Waals surface area contributed by atoms with Crippen LogP contribution in [0.2, 0.25) is 0 Å². The third-order valence-corrected chi connectivity index (χ3v) is 2.60. The third kappa shape index (κ3) is 11.3. The van der Waals surface area contributed by atoms with Gasteiger partial charge in [-0.1, -0.05) is 58.3 Å². The number of unbranched alkanes of at least 4 members (excludes halogenated alkanes) is 8. The lowest BCUT2D eigenvalue weighted by Gasteiger charge is -2.03. The first-order valence-corrected chi connectivity index (χ1v) is 6.44. The third-order valence-electron chi connectivity index (χ3n) is 2.60. The van der Waals surface area contributed by atoms with Crippen LogP contribution in [0.25, 0.3) is 0 Å². The molecule has 0 unspecified atom stereocenters. The minimum absolute atomic E-state index is 0.471. The second-order valence-corrected chi connectivity index (χ2v) is 4.11. The second-order valence-electron chi connectivity index (χ2n) is 4.11. The zero-order valence-electron chi connectivity index (χ0n) is 10.5. The van der Waals surface area contributed by atoms with Crippen molar-refractivity contribution in [2.45, 2.75) is 64.7 Å². The first-order chi connectivity index (χ1) is 7.81. The van der Waals surface area contributed by atoms with E-state index in [0.717, 1.165) is 12.8 Å². The van der Waals surface area contributed by atoms with Crippen LogP contribution in [0.5, 0.6) is 0 Å². The number of nitrogens with two attached hydrogens (primary N) is 1. The van der Waals surface area contributed by atoms with E-state index in [0.29, 0.717) is 6.61 Å². The zero-order valence-corrected chi connectivity index (χ0v) is 10.5. The molecular weight excluding hydrogens is 204 g/mol. The smallest absolute Gasteiger partial charge is 0.421 e. The van der Waals surface area contributed by atoms with Crippen LogP contribution in [0.1, 0.15) is 64.7 Å². The number of hydrogen-bond donors (Lipinski definition) is 2. The van der Waals surface area contributed by atoms with Gasteiger partial charge in [-0.25, -0.2) is 10.6 Å². The summed E-state index contributed by atoms with van der Waals surface area (Å²) in [6, 6.07) is 0. The number of hydrogen-bond acceptors (Lipinski definition) is 3. The van der Waals surface area contributed by atoms with Crippen LogP contribution >= 0.6 is 0 Å². The van der Waals surface area contributed by atoms with Crippen LogP contribution in [0.15, 0.2) is 0 Å². The van der Waals surface area contributed by atoms with E-state index in [-0.39, 0.29) is 0 Å². The molecule has 0 aliphatic carbocycles. The Labute approximate surface area is 98.9 Å². The standard InChI is InChI=1S/C12H26N2O2/c1-2-3-4-5-6-7-8-9-10-11-16-12(15)14-13/h2-11,13H2,1H3,(H,14,15). The highest BCUT2D eigenvalue weighted by atomic mass is 16.5. The van der Waals surface area contributed by atoms with Gasteiger partial charge in [-0.15, -0.1) is 0 Å². The Morgan fingerprint density at radius 1 is 1.00 bits per heavy atom. The molecule has 4 nitrogen and oxygen atoms in total. The number of hydrazine groups is 1. The minimum Gasteiger partial charge on any atom is -0.449 e. The van der Waals surface area contributed by atoms with Gasteiger partial charge in [0, 0.05) is 0 Å². The molecule has 0 aromatic heterocycles. The molecule has 0 fully saturated rings. The monoisotopic (exact) mass is 230 g/mol. The Balaban J connectivity index is 2.96. The van der Waals surface area contributed by atoms with Crippen LogP contribution in [0, 0.1) is 0 Å². The van der Waals surface area contributed by atoms with Crippen LogP contribution in [0.4, 0.5) is 4.79 Å². The maximum Gasteiger partial charge on any atom is 0.421 e. The fourth-order valence-electron chi connectivity index (χ4n) is 1.62. The van der Waals surface area contributed by atoms with Crippen LogP contribution in [-0.2, 0) is 4.74 Å². The maximum atomic E-state index is 10.6. The highest BCUT2D eigenvalue weighted by Crippen LogP contribution is 2.09. The molecular formula is C12H26N2O2. The number of rotatable bonds is 10. The Bertz CT molecular complexity index is 163. The number of carbonyl (C=O) groups excluding carboxylic acids is 1. The SMILES string of the molecule is CCCCCCCCCCCOC(=O)NN. The summed E-state index contributed by atoms with van der Waals surface area (Å²) in [5.41, 5.74) is 1.93. The van der Waals surface area contributed by atoms with Gasteiger partial charge in [0.05, 0.1) is 6.61 Å². The number of carbonyl (C=O) groups is 1. The molecule has 4 heteroatoms. The molecule has 3 N–H and O–H groups in total. The molecule has 0 radical (unpaired) electrons. The molecule has 0 aromatic carbocycles. The first kappa shape index (κ1) is 15.2. The van der Waals surface area contributed by atoms with E-state index in [1.165, 1.54) is 44.9 Å². The summed E-state index contributed by atoms with van der Waals surface area (Å²) in [5.74, 6) is 4.87. The van der Waals surface area contributed by atoms with Crippen molar-refractivity contribution in [3.63, 3.8) is 0 Å². The summed E-state index contributed by atoms with van der Waals surface area (Å²) in [7, 11) is 0. The van der Waals surface area contributed by atoms with E-state index >= 15 is 0 Å². The van der Waals surface area contributed by atoms with Gasteiger partial charge >= 0.3 is 6.09 Å². The van der Waals surface area contributed by atoms with Gasteiger partial charge in [0.1, 0.15) is 0 Å². The van der Waals surface area contributed by atoms with Crippen molar-refractivity contribution < 1.29 is 9.53 Å². The largest absolute Gasteiger partial charge is 0.449 e. The van der Waals surface area contributed by atoms with Gasteiger partial charge in [-0.2, -0.15) is 0 Å². The lowest BCUT2D eigenvalue weighted by atomic mass is 10.1. The summed E-state index contributed by atoms with van der Waals surface area (Å²) in [5, 5.41) is 0. The Hall–Kier alpha value is -0.770. The molecule has 0 spiro atoms. The fourth-order valence-corrected chi connectivity index (χ4v) is 1.62. The first-order valence-electron chi connectivity index (χ1n) is 6.44. The normalized spacial score (nSPS) is 10.1. The van der Waals surface area contributed by atoms with Crippen molar-refractivity contribution in [1.82, 2.24) is 5.43 Å². The molecule has 1 amide bonds. The molecule has 0 bridgehead atoms. The minimum atomic E-state index is -0.542. The second kappa shape index (κ2) is 12.3. The molecule has 0 rings (SSSR count). The van der Waals surface area contributed by atoms with Crippen LogP contribution in [0.3, 0.4) is 0 Å². The van der Waals surface area contributed by atoms with Gasteiger partial charge in [0.2, 0.25) is 0 Å². The number of nitrogens with one attached hydrogen (secondary N) is 1. The van der Waals surface area contributed by atoms with Crippen molar-refractivity contribution in [2.24, 2.45) is 5.84 Å². The van der Waals surface area contributed by atoms with Crippen molar-refractivity contribution >= 4 is 6.09 Å². The summed E-state index contributed by atoms with van der Waals surface area (Å²) in [4.78, 5) is 10.6. The summed E-state index contributed by atoms with van der Waals surface area (Å²) < 4.78 is 4.78. The highest BCUT2D eigenvalue weighted by molar-refractivity contribution is 5.66. The van der Waals surface area contributed by atoms with Crippen molar-refractivity contribution in [2.75, 3.05) is 6.61 Å². The Morgan fingerprint density at radius 3 is 2.00 bits per heavy atom. The zero-order chi connectivity index (χ0) is 12.1. The quantitative estimate of drug-likeness (QED) is 0.262. The van der Waals surface area contributed by atoms with Gasteiger partial charge in [-0.3, -0.25) is 5.43 Å². The van der Waals surface area contributed by atoms with Crippen molar-refractivity contribution in [3.8, 4) is 0 Å². The number of ether oxygens (including phenoxy) is 1. The average molecular weight is 230 g/mol. The van der Waals surface area contributed by atoms with Gasteiger partial charge in [0.15, 0.2) is 0 Å². The highest BCUT2D eigenvalue weighted by Gasteiger charge is 1.97. The average Bonchev–Trinajstić information content (AvgIpc) is 2.31. The van der Waals surface area contributed by atoms with Crippen LogP contribution in [-0.4, -0.2) is 12.7 Å². The van der Waals surface area contributed by atoms with Crippen molar-refractivity contribution in [1.29, 1.82) is 0 Å². The predicted octanol–water partition coefficient (Wildman–Crippen LogP) is 3.12. The van der Waals surface area contributed by atoms with E-state index < -0.39 is 6.09 Å². The number of amides is 1. The van der Waals surface area contributed by atoms with E-state index in [9.17, 15) is 4.79 Å². The van der Waals surface area contributed by atoms with Gasteiger partial charge in [-0.05, 0) is 6.42 Å². The molecule has 0 aliphatic rings. The molecule has 0 aliphatic heterocycles. The predicted molar refractivity (Wildman–Crippen MR) is 65.9 cm³/mol. The molecule has 0 saturated carbocycles. The van der Waals surface area contributed by atoms with E-state index in [2.05, 4.69) is 6.92 Å². The summed E-state index contributed by atoms with van der Waals surface area (Å²) >= 11 is 0. The topological polar surface area (TPSA) is 64.3 Å². The van der Waals surface area contributed by atoms with Gasteiger partial charge in [0.25, 0.3) is 0 Å². The Morgan fingerprint density at radius 2 is 1.50 bits per heavy atom. The molecule has 0 saturated heterocycles. The Kier molecular flexibility index (Phi) is 11.7. The lowest BCUT2D eigenvalue weighted by molar-refractivity contribution is 0.144. The maximum absolute atomic E-state index is 10.6. The summed E-state index contributed by atoms with van der Waals surface area (Å²) in [6.45, 7) is 2.70. The molecule has 0 atom stereocenters.